The maximum absolute atomic E-state index is 12.6. The summed E-state index contributed by atoms with van der Waals surface area (Å²) in [4.78, 5) is 17.0. The first-order chi connectivity index (χ1) is 14.9. The van der Waals surface area contributed by atoms with Crippen LogP contribution >= 0.6 is 0 Å². The Kier molecular flexibility index (Phi) is 6.06. The smallest absolute Gasteiger partial charge is 0.255 e. The number of rotatable bonds is 7. The van der Waals surface area contributed by atoms with Gasteiger partial charge >= 0.3 is 0 Å². The van der Waals surface area contributed by atoms with Crippen molar-refractivity contribution in [3.05, 3.63) is 72.3 Å². The van der Waals surface area contributed by atoms with Crippen LogP contribution in [0.25, 0.3) is 0 Å². The molecule has 1 aliphatic rings. The van der Waals surface area contributed by atoms with E-state index in [1.54, 1.807) is 42.6 Å². The maximum atomic E-state index is 12.6. The molecule has 1 fully saturated rings. The molecule has 1 aliphatic heterocycles. The van der Waals surface area contributed by atoms with Crippen molar-refractivity contribution < 1.29 is 17.9 Å². The molecule has 4 rings (SSSR count). The van der Waals surface area contributed by atoms with E-state index in [9.17, 15) is 13.2 Å². The second kappa shape index (κ2) is 8.91. The van der Waals surface area contributed by atoms with Gasteiger partial charge < -0.3 is 14.6 Å². The molecule has 9 heteroatoms. The number of hydrogen-bond acceptors (Lipinski definition) is 5. The molecule has 1 N–H and O–H groups in total. The van der Waals surface area contributed by atoms with Crippen LogP contribution in [0.4, 0.5) is 5.69 Å². The molecule has 2 heterocycles. The van der Waals surface area contributed by atoms with Gasteiger partial charge in [0.1, 0.15) is 18.2 Å². The van der Waals surface area contributed by atoms with Crippen LogP contribution in [-0.2, 0) is 23.7 Å². The van der Waals surface area contributed by atoms with Crippen molar-refractivity contribution in [2.75, 3.05) is 18.4 Å². The summed E-state index contributed by atoms with van der Waals surface area (Å²) in [5, 5.41) is 2.79. The highest BCUT2D eigenvalue weighted by molar-refractivity contribution is 7.89. The number of aromatic nitrogens is 2. The summed E-state index contributed by atoms with van der Waals surface area (Å²) in [6, 6.07) is 13.1. The number of ether oxygens (including phenoxy) is 1. The Morgan fingerprint density at radius 3 is 2.35 bits per heavy atom. The number of benzene rings is 2. The summed E-state index contributed by atoms with van der Waals surface area (Å²) in [6.45, 7) is 1.45. The quantitative estimate of drug-likeness (QED) is 0.610. The number of aryl methyl sites for hydroxylation is 1. The third-order valence-corrected chi connectivity index (χ3v) is 7.13. The number of carbonyl (C=O) groups is 1. The van der Waals surface area contributed by atoms with Gasteiger partial charge in [-0.1, -0.05) is 0 Å². The Morgan fingerprint density at radius 2 is 1.74 bits per heavy atom. The van der Waals surface area contributed by atoms with Crippen molar-refractivity contribution in [3.63, 3.8) is 0 Å². The molecular weight excluding hydrogens is 416 g/mol. The predicted molar refractivity (Wildman–Crippen MR) is 116 cm³/mol. The number of nitrogens with one attached hydrogen (secondary N) is 1. The summed E-state index contributed by atoms with van der Waals surface area (Å²) in [6.07, 6.45) is 5.33. The van der Waals surface area contributed by atoms with Crippen molar-refractivity contribution in [3.8, 4) is 5.75 Å². The van der Waals surface area contributed by atoms with Crippen molar-refractivity contribution in [2.24, 2.45) is 7.05 Å². The van der Waals surface area contributed by atoms with Crippen LogP contribution in [0.3, 0.4) is 0 Å². The van der Waals surface area contributed by atoms with Crippen LogP contribution in [0.2, 0.25) is 0 Å². The molecule has 1 amide bonds. The fraction of sp³-hybridized carbons (Fsp3) is 0.273. The highest BCUT2D eigenvalue weighted by Crippen LogP contribution is 2.22. The molecule has 162 valence electrons. The molecule has 3 aromatic rings. The number of amides is 1. The number of sulfonamides is 1. The average Bonchev–Trinajstić information content (AvgIpc) is 3.45. The first kappa shape index (κ1) is 21.1. The van der Waals surface area contributed by atoms with Crippen LogP contribution < -0.4 is 10.1 Å². The Balaban J connectivity index is 1.36. The molecule has 31 heavy (non-hydrogen) atoms. The standard InChI is InChI=1S/C22H24N4O4S/c1-25-15-12-23-21(25)16-30-19-8-4-17(5-9-19)22(27)24-18-6-10-20(11-7-18)31(28,29)26-13-2-3-14-26/h4-12,15H,2-3,13-14,16H2,1H3,(H,24,27). The first-order valence-corrected chi connectivity index (χ1v) is 11.5. The van der Waals surface area contributed by atoms with E-state index in [-0.39, 0.29) is 10.8 Å². The third kappa shape index (κ3) is 4.78. The lowest BCUT2D eigenvalue weighted by Crippen LogP contribution is -2.27. The van der Waals surface area contributed by atoms with Gasteiger partial charge in [0.15, 0.2) is 0 Å². The zero-order valence-corrected chi connectivity index (χ0v) is 18.0. The molecule has 0 bridgehead atoms. The Morgan fingerprint density at radius 1 is 1.06 bits per heavy atom. The van der Waals surface area contributed by atoms with Gasteiger partial charge in [0.25, 0.3) is 5.91 Å². The van der Waals surface area contributed by atoms with Gasteiger partial charge in [-0.15, -0.1) is 0 Å². The topological polar surface area (TPSA) is 93.5 Å². The van der Waals surface area contributed by atoms with Gasteiger partial charge in [-0.2, -0.15) is 4.31 Å². The van der Waals surface area contributed by atoms with Gasteiger partial charge in [0.05, 0.1) is 4.90 Å². The molecule has 2 aromatic carbocycles. The number of carbonyl (C=O) groups excluding carboxylic acids is 1. The third-order valence-electron chi connectivity index (χ3n) is 5.22. The van der Waals surface area contributed by atoms with Gasteiger partial charge in [-0.25, -0.2) is 13.4 Å². The van der Waals surface area contributed by atoms with Crippen LogP contribution in [-0.4, -0.2) is 41.3 Å². The van der Waals surface area contributed by atoms with Gasteiger partial charge in [0.2, 0.25) is 10.0 Å². The van der Waals surface area contributed by atoms with Crippen LogP contribution in [0.1, 0.15) is 29.0 Å². The van der Waals surface area contributed by atoms with Crippen molar-refractivity contribution in [1.82, 2.24) is 13.9 Å². The van der Waals surface area contributed by atoms with E-state index in [4.69, 9.17) is 4.74 Å². The van der Waals surface area contributed by atoms with Gasteiger partial charge in [0, 0.05) is 43.8 Å². The number of imidazole rings is 1. The van der Waals surface area contributed by atoms with Crippen LogP contribution in [0.15, 0.2) is 65.8 Å². The highest BCUT2D eigenvalue weighted by Gasteiger charge is 2.26. The fourth-order valence-electron chi connectivity index (χ4n) is 3.38. The zero-order chi connectivity index (χ0) is 21.8. The second-order valence-electron chi connectivity index (χ2n) is 7.36. The van der Waals surface area contributed by atoms with E-state index in [0.29, 0.717) is 36.7 Å². The van der Waals surface area contributed by atoms with E-state index >= 15 is 0 Å². The normalized spacial score (nSPS) is 14.5. The van der Waals surface area contributed by atoms with Crippen LogP contribution in [0.5, 0.6) is 5.75 Å². The molecule has 1 aromatic heterocycles. The predicted octanol–water partition coefficient (Wildman–Crippen LogP) is 3.04. The molecular formula is C22H24N4O4S. The average molecular weight is 441 g/mol. The Hall–Kier alpha value is -3.17. The van der Waals surface area contributed by atoms with Gasteiger partial charge in [-0.3, -0.25) is 4.79 Å². The summed E-state index contributed by atoms with van der Waals surface area (Å²) in [7, 11) is -1.57. The molecule has 0 unspecified atom stereocenters. The minimum atomic E-state index is -3.46. The monoisotopic (exact) mass is 440 g/mol. The van der Waals surface area contributed by atoms with E-state index in [2.05, 4.69) is 10.3 Å². The Bertz CT molecular complexity index is 1150. The van der Waals surface area contributed by atoms with Crippen molar-refractivity contribution >= 4 is 21.6 Å². The first-order valence-electron chi connectivity index (χ1n) is 10.0. The fourth-order valence-corrected chi connectivity index (χ4v) is 4.89. The molecule has 0 saturated carbocycles. The molecule has 0 spiro atoms. The molecule has 8 nitrogen and oxygen atoms in total. The number of nitrogens with zero attached hydrogens (tertiary/aromatic N) is 3. The number of hydrogen-bond donors (Lipinski definition) is 1. The van der Waals surface area contributed by atoms with E-state index in [1.807, 2.05) is 17.8 Å². The minimum Gasteiger partial charge on any atom is -0.486 e. The summed E-state index contributed by atoms with van der Waals surface area (Å²) < 4.78 is 34.3. The van der Waals surface area contributed by atoms with Crippen molar-refractivity contribution in [2.45, 2.75) is 24.3 Å². The Labute approximate surface area is 181 Å². The second-order valence-corrected chi connectivity index (χ2v) is 9.30. The van der Waals surface area contributed by atoms with E-state index < -0.39 is 10.0 Å². The molecule has 1 saturated heterocycles. The highest BCUT2D eigenvalue weighted by atomic mass is 32.2. The SMILES string of the molecule is Cn1ccnc1COc1ccc(C(=O)Nc2ccc(S(=O)(=O)N3CCCC3)cc2)cc1. The van der Waals surface area contributed by atoms with Crippen LogP contribution in [0, 0.1) is 0 Å². The lowest BCUT2D eigenvalue weighted by Gasteiger charge is -2.15. The molecule has 0 aliphatic carbocycles. The lowest BCUT2D eigenvalue weighted by molar-refractivity contribution is 0.102. The largest absolute Gasteiger partial charge is 0.486 e. The zero-order valence-electron chi connectivity index (χ0n) is 17.2. The molecule has 0 radical (unpaired) electrons. The summed E-state index contributed by atoms with van der Waals surface area (Å²) >= 11 is 0. The minimum absolute atomic E-state index is 0.238. The summed E-state index contributed by atoms with van der Waals surface area (Å²) in [5.41, 5.74) is 0.999. The van der Waals surface area contributed by atoms with E-state index in [0.717, 1.165) is 18.7 Å². The lowest BCUT2D eigenvalue weighted by atomic mass is 10.2. The van der Waals surface area contributed by atoms with Crippen molar-refractivity contribution in [1.29, 1.82) is 0 Å². The number of anilines is 1. The maximum Gasteiger partial charge on any atom is 0.255 e. The van der Waals surface area contributed by atoms with E-state index in [1.165, 1.54) is 16.4 Å². The summed E-state index contributed by atoms with van der Waals surface area (Å²) in [5.74, 6) is 1.15. The molecule has 0 atom stereocenters. The van der Waals surface area contributed by atoms with Gasteiger partial charge in [-0.05, 0) is 61.4 Å².